The molecule has 0 aliphatic carbocycles. The fraction of sp³-hybridized carbons (Fsp3) is 0.294. The number of para-hydroxylation sites is 1. The van der Waals surface area contributed by atoms with Crippen molar-refractivity contribution in [1.82, 2.24) is 0 Å². The molecule has 0 aromatic heterocycles. The van der Waals surface area contributed by atoms with Gasteiger partial charge in [-0.05, 0) is 50.1 Å². The van der Waals surface area contributed by atoms with Gasteiger partial charge in [-0.25, -0.2) is 4.31 Å². The van der Waals surface area contributed by atoms with Crippen LogP contribution in [0.4, 0.5) is 17.1 Å². The molecule has 0 fully saturated rings. The summed E-state index contributed by atoms with van der Waals surface area (Å²) in [7, 11) is -3.64. The molecule has 1 aliphatic rings. The Balaban J connectivity index is 2.12. The van der Waals surface area contributed by atoms with Crippen molar-refractivity contribution in [3.8, 4) is 0 Å². The highest BCUT2D eigenvalue weighted by atomic mass is 32.2. The zero-order chi connectivity index (χ0) is 16.6. The Hall–Kier alpha value is -2.05. The molecule has 0 amide bonds. The van der Waals surface area contributed by atoms with E-state index >= 15 is 0 Å². The van der Waals surface area contributed by atoms with Crippen molar-refractivity contribution in [2.45, 2.75) is 26.3 Å². The summed E-state index contributed by atoms with van der Waals surface area (Å²) in [5, 5.41) is 0. The molecule has 1 heterocycles. The van der Waals surface area contributed by atoms with E-state index in [0.29, 0.717) is 24.3 Å². The van der Waals surface area contributed by atoms with Crippen LogP contribution in [0.3, 0.4) is 0 Å². The summed E-state index contributed by atoms with van der Waals surface area (Å²) in [6, 6.07) is 14.8. The average molecular weight is 331 g/mol. The van der Waals surface area contributed by atoms with E-state index in [4.69, 9.17) is 5.73 Å². The average Bonchev–Trinajstić information content (AvgIpc) is 2.71. The van der Waals surface area contributed by atoms with Crippen LogP contribution in [-0.2, 0) is 10.2 Å². The maximum Gasteiger partial charge on any atom is 0.330 e. The quantitative estimate of drug-likeness (QED) is 0.936. The van der Waals surface area contributed by atoms with Crippen molar-refractivity contribution in [2.24, 2.45) is 5.73 Å². The first-order chi connectivity index (χ1) is 10.9. The molecule has 3 rings (SSSR count). The second-order valence-corrected chi connectivity index (χ2v) is 7.64. The molecule has 2 N–H and O–H groups in total. The molecule has 5 nitrogen and oxygen atoms in total. The van der Waals surface area contributed by atoms with E-state index in [0.717, 1.165) is 11.3 Å². The molecular formula is C17H21N3O2S. The van der Waals surface area contributed by atoms with Crippen LogP contribution in [0.25, 0.3) is 0 Å². The Labute approximate surface area is 137 Å². The van der Waals surface area contributed by atoms with Crippen molar-refractivity contribution in [1.29, 1.82) is 0 Å². The van der Waals surface area contributed by atoms with Crippen molar-refractivity contribution in [2.75, 3.05) is 15.2 Å². The third-order valence-electron chi connectivity index (χ3n) is 3.91. The summed E-state index contributed by atoms with van der Waals surface area (Å²) in [5.41, 5.74) is 8.89. The predicted octanol–water partition coefficient (Wildman–Crippen LogP) is 2.94. The number of rotatable bonds is 4. The molecule has 0 radical (unpaired) electrons. The number of hydrogen-bond donors (Lipinski definition) is 1. The lowest BCUT2D eigenvalue weighted by Crippen LogP contribution is -2.37. The molecule has 6 heteroatoms. The number of fused-ring (bicyclic) bond motifs is 1. The summed E-state index contributed by atoms with van der Waals surface area (Å²) < 4.78 is 29.0. The van der Waals surface area contributed by atoms with Crippen LogP contribution >= 0.6 is 0 Å². The summed E-state index contributed by atoms with van der Waals surface area (Å²) >= 11 is 0. The van der Waals surface area contributed by atoms with Crippen molar-refractivity contribution >= 4 is 27.3 Å². The van der Waals surface area contributed by atoms with Gasteiger partial charge in [0.25, 0.3) is 0 Å². The molecule has 122 valence electrons. The Morgan fingerprint density at radius 2 is 1.78 bits per heavy atom. The van der Waals surface area contributed by atoms with E-state index in [-0.39, 0.29) is 6.04 Å². The smallest absolute Gasteiger partial charge is 0.328 e. The lowest BCUT2D eigenvalue weighted by atomic mass is 10.1. The minimum atomic E-state index is -3.64. The Morgan fingerprint density at radius 3 is 2.43 bits per heavy atom. The maximum atomic E-state index is 13.1. The zero-order valence-corrected chi connectivity index (χ0v) is 14.1. The summed E-state index contributed by atoms with van der Waals surface area (Å²) in [4.78, 5) is 0. The number of hydrogen-bond acceptors (Lipinski definition) is 3. The number of nitrogens with zero attached hydrogens (tertiary/aromatic N) is 2. The Morgan fingerprint density at radius 1 is 1.09 bits per heavy atom. The second-order valence-electron chi connectivity index (χ2n) is 5.94. The van der Waals surface area contributed by atoms with E-state index in [1.165, 1.54) is 8.61 Å². The number of anilines is 3. The third kappa shape index (κ3) is 2.80. The normalized spacial score (nSPS) is 17.2. The number of aryl methyl sites for hydroxylation is 1. The van der Waals surface area contributed by atoms with Gasteiger partial charge in [-0.15, -0.1) is 0 Å². The first-order valence-electron chi connectivity index (χ1n) is 7.65. The molecule has 2 aromatic carbocycles. The molecule has 1 atom stereocenters. The van der Waals surface area contributed by atoms with Crippen LogP contribution in [0.1, 0.15) is 18.9 Å². The van der Waals surface area contributed by atoms with E-state index < -0.39 is 10.2 Å². The predicted molar refractivity (Wildman–Crippen MR) is 94.3 cm³/mol. The van der Waals surface area contributed by atoms with Gasteiger partial charge < -0.3 is 5.73 Å². The molecule has 0 spiro atoms. The minimum absolute atomic E-state index is 0.0516. The lowest BCUT2D eigenvalue weighted by Gasteiger charge is -2.22. The van der Waals surface area contributed by atoms with Gasteiger partial charge in [-0.3, -0.25) is 4.31 Å². The molecule has 1 aliphatic heterocycles. The first kappa shape index (κ1) is 15.8. The molecule has 0 saturated heterocycles. The van der Waals surface area contributed by atoms with Gasteiger partial charge in [-0.1, -0.05) is 24.3 Å². The fourth-order valence-corrected chi connectivity index (χ4v) is 4.46. The van der Waals surface area contributed by atoms with Crippen LogP contribution in [0, 0.1) is 6.92 Å². The van der Waals surface area contributed by atoms with Crippen LogP contribution in [0.2, 0.25) is 0 Å². The highest BCUT2D eigenvalue weighted by Crippen LogP contribution is 2.45. The molecular weight excluding hydrogens is 310 g/mol. The lowest BCUT2D eigenvalue weighted by molar-refractivity contribution is 0.588. The largest absolute Gasteiger partial charge is 0.330 e. The van der Waals surface area contributed by atoms with Gasteiger partial charge in [0.2, 0.25) is 0 Å². The van der Waals surface area contributed by atoms with Crippen LogP contribution < -0.4 is 14.3 Å². The van der Waals surface area contributed by atoms with Gasteiger partial charge in [-0.2, -0.15) is 8.42 Å². The summed E-state index contributed by atoms with van der Waals surface area (Å²) in [6.45, 7) is 4.22. The summed E-state index contributed by atoms with van der Waals surface area (Å²) in [6.07, 6.45) is 0.606. The van der Waals surface area contributed by atoms with E-state index in [1.807, 2.05) is 50.2 Å². The van der Waals surface area contributed by atoms with Gasteiger partial charge in [0.15, 0.2) is 0 Å². The zero-order valence-electron chi connectivity index (χ0n) is 13.3. The van der Waals surface area contributed by atoms with E-state index in [2.05, 4.69) is 0 Å². The Kier molecular flexibility index (Phi) is 4.04. The molecule has 0 saturated carbocycles. The fourth-order valence-electron chi connectivity index (χ4n) is 2.74. The standard InChI is InChI=1S/C17H21N3O2S/c1-13-8-9-16-17(12-13)19(11-10-14(2)18)23(21,22)20(16)15-6-4-3-5-7-15/h3-9,12,14H,10-11,18H2,1-2H3. The van der Waals surface area contributed by atoms with E-state index in [9.17, 15) is 8.42 Å². The third-order valence-corrected chi connectivity index (χ3v) is 5.71. The van der Waals surface area contributed by atoms with Crippen molar-refractivity contribution in [3.05, 3.63) is 54.1 Å². The number of benzene rings is 2. The van der Waals surface area contributed by atoms with Crippen molar-refractivity contribution in [3.63, 3.8) is 0 Å². The van der Waals surface area contributed by atoms with Gasteiger partial charge in [0, 0.05) is 12.6 Å². The number of nitrogens with two attached hydrogens (primary N) is 1. The van der Waals surface area contributed by atoms with Crippen LogP contribution in [0.15, 0.2) is 48.5 Å². The first-order valence-corrected chi connectivity index (χ1v) is 9.05. The highest BCUT2D eigenvalue weighted by molar-refractivity contribution is 7.95. The van der Waals surface area contributed by atoms with Crippen LogP contribution in [0.5, 0.6) is 0 Å². The van der Waals surface area contributed by atoms with E-state index in [1.54, 1.807) is 12.1 Å². The molecule has 23 heavy (non-hydrogen) atoms. The van der Waals surface area contributed by atoms with Gasteiger partial charge in [0.05, 0.1) is 17.1 Å². The monoisotopic (exact) mass is 331 g/mol. The maximum absolute atomic E-state index is 13.1. The Bertz CT molecular complexity index is 804. The minimum Gasteiger partial charge on any atom is -0.328 e. The topological polar surface area (TPSA) is 66.6 Å². The summed E-state index contributed by atoms with van der Waals surface area (Å²) in [5.74, 6) is 0. The van der Waals surface area contributed by atoms with Crippen LogP contribution in [-0.4, -0.2) is 21.0 Å². The molecule has 0 bridgehead atoms. The van der Waals surface area contributed by atoms with Gasteiger partial charge in [0.1, 0.15) is 0 Å². The SMILES string of the molecule is Cc1ccc2c(c1)N(CCC(C)N)S(=O)(=O)N2c1ccccc1. The van der Waals surface area contributed by atoms with Gasteiger partial charge >= 0.3 is 10.2 Å². The molecule has 1 unspecified atom stereocenters. The highest BCUT2D eigenvalue weighted by Gasteiger charge is 2.41. The molecule has 2 aromatic rings. The van der Waals surface area contributed by atoms with Crippen molar-refractivity contribution < 1.29 is 8.42 Å². The second kappa shape index (κ2) is 5.86.